The number of anilines is 1. The number of ether oxygens (including phenoxy) is 1. The van der Waals surface area contributed by atoms with Gasteiger partial charge in [-0.15, -0.1) is 0 Å². The highest BCUT2D eigenvalue weighted by Crippen LogP contribution is 2.34. The smallest absolute Gasteiger partial charge is 0.338 e. The molecule has 0 atom stereocenters. The van der Waals surface area contributed by atoms with Crippen molar-refractivity contribution in [2.24, 2.45) is 0 Å². The fourth-order valence-electron chi connectivity index (χ4n) is 2.94. The third-order valence-corrected chi connectivity index (χ3v) is 4.62. The molecule has 5 nitrogen and oxygen atoms in total. The number of halogens is 1. The molecule has 24 heavy (non-hydrogen) atoms. The van der Waals surface area contributed by atoms with E-state index in [0.29, 0.717) is 5.57 Å². The zero-order chi connectivity index (χ0) is 17.1. The number of benzene rings is 1. The van der Waals surface area contributed by atoms with Gasteiger partial charge in [-0.05, 0) is 31.5 Å². The number of aryl methyl sites for hydroxylation is 1. The minimum Gasteiger partial charge on any atom is -0.465 e. The van der Waals surface area contributed by atoms with Crippen LogP contribution in [0.25, 0.3) is 5.57 Å². The Labute approximate surface area is 150 Å². The molecule has 0 saturated carbocycles. The van der Waals surface area contributed by atoms with Gasteiger partial charge in [0, 0.05) is 47.1 Å². The van der Waals surface area contributed by atoms with Gasteiger partial charge < -0.3 is 9.64 Å². The van der Waals surface area contributed by atoms with Crippen molar-refractivity contribution in [2.75, 3.05) is 18.6 Å². The van der Waals surface area contributed by atoms with E-state index in [2.05, 4.69) is 39.0 Å². The quantitative estimate of drug-likeness (QED) is 0.749. The van der Waals surface area contributed by atoms with Crippen molar-refractivity contribution in [1.29, 1.82) is 0 Å². The van der Waals surface area contributed by atoms with Crippen LogP contribution >= 0.6 is 15.9 Å². The van der Waals surface area contributed by atoms with Crippen molar-refractivity contribution in [3.05, 3.63) is 52.3 Å². The van der Waals surface area contributed by atoms with Crippen LogP contribution in [0.15, 0.2) is 41.1 Å². The fourth-order valence-corrected chi connectivity index (χ4v) is 3.30. The van der Waals surface area contributed by atoms with Gasteiger partial charge in [0.05, 0.1) is 18.9 Å². The molecule has 126 valence electrons. The summed E-state index contributed by atoms with van der Waals surface area (Å²) in [5, 5.41) is 4.35. The Balaban J connectivity index is 1.96. The number of aromatic nitrogens is 2. The summed E-state index contributed by atoms with van der Waals surface area (Å²) in [6.45, 7) is 4.53. The van der Waals surface area contributed by atoms with Crippen LogP contribution in [0.4, 0.5) is 5.69 Å². The van der Waals surface area contributed by atoms with Crippen LogP contribution in [0.5, 0.6) is 0 Å². The molecule has 0 N–H and O–H groups in total. The zero-order valence-electron chi connectivity index (χ0n) is 13.8. The van der Waals surface area contributed by atoms with Crippen LogP contribution in [0.2, 0.25) is 0 Å². The van der Waals surface area contributed by atoms with E-state index >= 15 is 0 Å². The lowest BCUT2D eigenvalue weighted by Gasteiger charge is -2.25. The van der Waals surface area contributed by atoms with Gasteiger partial charge in [0.15, 0.2) is 0 Å². The molecule has 0 bridgehead atoms. The molecule has 3 rings (SSSR count). The molecule has 0 aliphatic carbocycles. The second-order valence-electron chi connectivity index (χ2n) is 5.69. The van der Waals surface area contributed by atoms with Gasteiger partial charge in [0.25, 0.3) is 0 Å². The van der Waals surface area contributed by atoms with Crippen molar-refractivity contribution in [1.82, 2.24) is 9.78 Å². The Morgan fingerprint density at radius 1 is 1.42 bits per heavy atom. The van der Waals surface area contributed by atoms with Gasteiger partial charge in [-0.3, -0.25) is 4.68 Å². The van der Waals surface area contributed by atoms with Crippen molar-refractivity contribution in [2.45, 2.75) is 26.4 Å². The van der Waals surface area contributed by atoms with Gasteiger partial charge in [-0.2, -0.15) is 5.10 Å². The number of hydrogen-bond acceptors (Lipinski definition) is 4. The normalized spacial score (nSPS) is 14.0. The molecular formula is C18H20BrN3O2. The summed E-state index contributed by atoms with van der Waals surface area (Å²) in [5.74, 6) is -0.296. The summed E-state index contributed by atoms with van der Waals surface area (Å²) in [6, 6.07) is 6.03. The fraction of sp³-hybridized carbons (Fsp3) is 0.333. The summed E-state index contributed by atoms with van der Waals surface area (Å²) in [6.07, 6.45) is 6.73. The summed E-state index contributed by atoms with van der Waals surface area (Å²) in [7, 11) is 1.42. The summed E-state index contributed by atoms with van der Waals surface area (Å²) in [4.78, 5) is 14.4. The number of carbonyl (C=O) groups is 1. The highest BCUT2D eigenvalue weighted by Gasteiger charge is 2.23. The molecule has 1 aliphatic rings. The van der Waals surface area contributed by atoms with E-state index < -0.39 is 0 Å². The first-order valence-corrected chi connectivity index (χ1v) is 8.76. The highest BCUT2D eigenvalue weighted by atomic mass is 79.9. The molecule has 6 heteroatoms. The SMILES string of the molecule is CCn1cc(CN2CCC=C(C(=O)OC)c3cc(Br)ccc32)cn1. The lowest BCUT2D eigenvalue weighted by Crippen LogP contribution is -2.23. The van der Waals surface area contributed by atoms with Gasteiger partial charge in [-0.25, -0.2) is 4.79 Å². The topological polar surface area (TPSA) is 47.4 Å². The van der Waals surface area contributed by atoms with Gasteiger partial charge in [0.2, 0.25) is 0 Å². The Morgan fingerprint density at radius 3 is 2.96 bits per heavy atom. The first kappa shape index (κ1) is 16.8. The lowest BCUT2D eigenvalue weighted by atomic mass is 10.0. The number of hydrogen-bond donors (Lipinski definition) is 0. The summed E-state index contributed by atoms with van der Waals surface area (Å²) < 4.78 is 7.82. The van der Waals surface area contributed by atoms with Crippen LogP contribution in [-0.4, -0.2) is 29.4 Å². The van der Waals surface area contributed by atoms with Crippen molar-refractivity contribution in [3.8, 4) is 0 Å². The van der Waals surface area contributed by atoms with E-state index in [4.69, 9.17) is 4.74 Å². The average Bonchev–Trinajstić information content (AvgIpc) is 2.97. The monoisotopic (exact) mass is 389 g/mol. The second-order valence-corrected chi connectivity index (χ2v) is 6.60. The van der Waals surface area contributed by atoms with Crippen LogP contribution in [-0.2, 0) is 22.6 Å². The first-order chi connectivity index (χ1) is 11.6. The molecule has 0 amide bonds. The predicted molar refractivity (Wildman–Crippen MR) is 97.7 cm³/mol. The van der Waals surface area contributed by atoms with Crippen LogP contribution in [0.3, 0.4) is 0 Å². The van der Waals surface area contributed by atoms with Gasteiger partial charge in [-0.1, -0.05) is 22.0 Å². The zero-order valence-corrected chi connectivity index (χ0v) is 15.4. The van der Waals surface area contributed by atoms with E-state index in [1.165, 1.54) is 7.11 Å². The van der Waals surface area contributed by atoms with Crippen molar-refractivity contribution in [3.63, 3.8) is 0 Å². The molecular weight excluding hydrogens is 370 g/mol. The third-order valence-electron chi connectivity index (χ3n) is 4.13. The minimum absolute atomic E-state index is 0.296. The standard InChI is InChI=1S/C18H20BrN3O2/c1-3-22-12-13(10-20-22)11-21-8-4-5-15(18(23)24-2)16-9-14(19)6-7-17(16)21/h5-7,9-10,12H,3-4,8,11H2,1-2H3. The maximum absolute atomic E-state index is 12.2. The molecule has 1 aromatic heterocycles. The summed E-state index contributed by atoms with van der Waals surface area (Å²) >= 11 is 3.50. The molecule has 0 unspecified atom stereocenters. The number of nitrogens with zero attached hydrogens (tertiary/aromatic N) is 3. The maximum atomic E-state index is 12.2. The maximum Gasteiger partial charge on any atom is 0.338 e. The number of methoxy groups -OCH3 is 1. The van der Waals surface area contributed by atoms with Gasteiger partial charge in [0.1, 0.15) is 0 Å². The van der Waals surface area contributed by atoms with E-state index in [1.807, 2.05) is 35.2 Å². The molecule has 0 fully saturated rings. The van der Waals surface area contributed by atoms with Crippen LogP contribution < -0.4 is 4.90 Å². The van der Waals surface area contributed by atoms with Crippen LogP contribution in [0, 0.1) is 0 Å². The second kappa shape index (κ2) is 7.21. The van der Waals surface area contributed by atoms with E-state index in [0.717, 1.165) is 47.3 Å². The lowest BCUT2D eigenvalue weighted by molar-refractivity contribution is -0.133. The Bertz CT molecular complexity index is 782. The number of esters is 1. The number of rotatable bonds is 4. The third kappa shape index (κ3) is 3.38. The Kier molecular flexibility index (Phi) is 5.04. The molecule has 0 spiro atoms. The Morgan fingerprint density at radius 2 is 2.25 bits per heavy atom. The Hall–Kier alpha value is -2.08. The molecule has 0 radical (unpaired) electrons. The van der Waals surface area contributed by atoms with E-state index in [-0.39, 0.29) is 5.97 Å². The molecule has 0 saturated heterocycles. The molecule has 1 aliphatic heterocycles. The average molecular weight is 390 g/mol. The number of carbonyl (C=O) groups excluding carboxylic acids is 1. The van der Waals surface area contributed by atoms with Crippen molar-refractivity contribution < 1.29 is 9.53 Å². The largest absolute Gasteiger partial charge is 0.465 e. The van der Waals surface area contributed by atoms with Crippen LogP contribution in [0.1, 0.15) is 24.5 Å². The van der Waals surface area contributed by atoms with E-state index in [1.54, 1.807) is 0 Å². The molecule has 1 aromatic carbocycles. The highest BCUT2D eigenvalue weighted by molar-refractivity contribution is 9.10. The predicted octanol–water partition coefficient (Wildman–Crippen LogP) is 3.63. The van der Waals surface area contributed by atoms with Crippen molar-refractivity contribution >= 4 is 33.2 Å². The molecule has 2 aromatic rings. The minimum atomic E-state index is -0.296. The molecule has 2 heterocycles. The summed E-state index contributed by atoms with van der Waals surface area (Å²) in [5.41, 5.74) is 3.72. The number of fused-ring (bicyclic) bond motifs is 1. The first-order valence-electron chi connectivity index (χ1n) is 7.97. The van der Waals surface area contributed by atoms with E-state index in [9.17, 15) is 4.79 Å². The van der Waals surface area contributed by atoms with Gasteiger partial charge >= 0.3 is 5.97 Å².